The molecule has 0 N–H and O–H groups in total. The van der Waals surface area contributed by atoms with Gasteiger partial charge in [0.2, 0.25) is 0 Å². The number of carbonyl (C=O) groups is 1. The first-order valence-electron chi connectivity index (χ1n) is 4.78. The van der Waals surface area contributed by atoms with Gasteiger partial charge in [-0.05, 0) is 30.8 Å². The Hall–Kier alpha value is -0.590. The smallest absolute Gasteiger partial charge is 0.142 e. The van der Waals surface area contributed by atoms with Gasteiger partial charge in [0.15, 0.2) is 0 Å². The van der Waals surface area contributed by atoms with Crippen LogP contribution in [0.5, 0.6) is 0 Å². The summed E-state index contributed by atoms with van der Waals surface area (Å²) in [6, 6.07) is 0. The van der Waals surface area contributed by atoms with Crippen molar-refractivity contribution >= 4 is 6.29 Å². The van der Waals surface area contributed by atoms with Crippen LogP contribution in [-0.2, 0) is 4.79 Å². The quantitative estimate of drug-likeness (QED) is 0.338. The third kappa shape index (κ3) is 6.14. The Balaban J connectivity index is 3.30. The molecule has 0 aromatic carbocycles. The summed E-state index contributed by atoms with van der Waals surface area (Å²) in [6.45, 7) is 6.80. The third-order valence-electron chi connectivity index (χ3n) is 2.38. The number of hydrogen-bond donors (Lipinski definition) is 0. The molecule has 0 saturated heterocycles. The highest BCUT2D eigenvalue weighted by Gasteiger charge is 2.04. The predicted molar refractivity (Wildman–Crippen MR) is 53.1 cm³/mol. The van der Waals surface area contributed by atoms with Crippen LogP contribution in [-0.4, -0.2) is 6.29 Å². The normalized spacial score (nSPS) is 14.0. The lowest BCUT2D eigenvalue weighted by Crippen LogP contribution is -2.02. The first kappa shape index (κ1) is 11.4. The lowest BCUT2D eigenvalue weighted by molar-refractivity contribution is -0.104. The second kappa shape index (κ2) is 7.08. The average Bonchev–Trinajstić information content (AvgIpc) is 2.03. The van der Waals surface area contributed by atoms with E-state index >= 15 is 0 Å². The molecule has 0 fully saturated rings. The predicted octanol–water partition coefficient (Wildman–Crippen LogP) is 3.20. The monoisotopic (exact) mass is 168 g/mol. The van der Waals surface area contributed by atoms with Crippen LogP contribution in [0.1, 0.15) is 40.0 Å². The molecule has 0 aliphatic carbocycles. The van der Waals surface area contributed by atoms with Gasteiger partial charge < -0.3 is 0 Å². The summed E-state index contributed by atoms with van der Waals surface area (Å²) in [5.41, 5.74) is 0. The molecule has 0 aromatic rings. The summed E-state index contributed by atoms with van der Waals surface area (Å²) in [6.07, 6.45) is 7.87. The Morgan fingerprint density at radius 3 is 2.42 bits per heavy atom. The fourth-order valence-electron chi connectivity index (χ4n) is 1.04. The van der Waals surface area contributed by atoms with Gasteiger partial charge in [-0.15, -0.1) is 0 Å². The van der Waals surface area contributed by atoms with E-state index in [0.29, 0.717) is 0 Å². The maximum absolute atomic E-state index is 9.92. The molecule has 0 aliphatic heterocycles. The molecule has 0 spiro atoms. The molecule has 0 saturated carbocycles. The zero-order valence-electron chi connectivity index (χ0n) is 8.42. The van der Waals surface area contributed by atoms with Crippen molar-refractivity contribution in [1.82, 2.24) is 0 Å². The summed E-state index contributed by atoms with van der Waals surface area (Å²) in [5, 5.41) is 0. The molecule has 0 bridgehead atoms. The Labute approximate surface area is 75.9 Å². The van der Waals surface area contributed by atoms with E-state index in [0.717, 1.165) is 24.5 Å². The van der Waals surface area contributed by atoms with Crippen LogP contribution in [0.15, 0.2) is 12.2 Å². The highest BCUT2D eigenvalue weighted by atomic mass is 16.1. The number of rotatable bonds is 6. The molecule has 0 radical (unpaired) electrons. The van der Waals surface area contributed by atoms with Crippen molar-refractivity contribution in [2.45, 2.75) is 40.0 Å². The van der Waals surface area contributed by atoms with Crippen molar-refractivity contribution in [1.29, 1.82) is 0 Å². The van der Waals surface area contributed by atoms with Gasteiger partial charge in [0, 0.05) is 0 Å². The SMILES string of the molecule is CC(C)C(C)CCC/C=C/C=O. The lowest BCUT2D eigenvalue weighted by atomic mass is 9.93. The maximum Gasteiger partial charge on any atom is 0.142 e. The topological polar surface area (TPSA) is 17.1 Å². The van der Waals surface area contributed by atoms with Gasteiger partial charge in [-0.2, -0.15) is 0 Å². The second-order valence-electron chi connectivity index (χ2n) is 3.72. The largest absolute Gasteiger partial charge is 0.299 e. The first-order chi connectivity index (χ1) is 5.68. The average molecular weight is 168 g/mol. The summed E-state index contributed by atoms with van der Waals surface area (Å²) in [4.78, 5) is 9.92. The Kier molecular flexibility index (Phi) is 6.73. The van der Waals surface area contributed by atoms with E-state index in [1.165, 1.54) is 12.8 Å². The summed E-state index contributed by atoms with van der Waals surface area (Å²) in [7, 11) is 0. The van der Waals surface area contributed by atoms with Crippen LogP contribution < -0.4 is 0 Å². The van der Waals surface area contributed by atoms with Crippen molar-refractivity contribution < 1.29 is 4.79 Å². The minimum atomic E-state index is 0.778. The van der Waals surface area contributed by atoms with Crippen molar-refractivity contribution in [3.8, 4) is 0 Å². The van der Waals surface area contributed by atoms with Crippen LogP contribution in [0, 0.1) is 11.8 Å². The number of carbonyl (C=O) groups excluding carboxylic acids is 1. The number of hydrogen-bond acceptors (Lipinski definition) is 1. The van der Waals surface area contributed by atoms with Crippen molar-refractivity contribution in [3.63, 3.8) is 0 Å². The number of aldehydes is 1. The molecule has 1 unspecified atom stereocenters. The van der Waals surface area contributed by atoms with E-state index in [-0.39, 0.29) is 0 Å². The third-order valence-corrected chi connectivity index (χ3v) is 2.38. The number of unbranched alkanes of at least 4 members (excludes halogenated alkanes) is 1. The Morgan fingerprint density at radius 1 is 1.25 bits per heavy atom. The Morgan fingerprint density at radius 2 is 1.92 bits per heavy atom. The van der Waals surface area contributed by atoms with Gasteiger partial charge in [-0.1, -0.05) is 33.3 Å². The molecule has 0 heterocycles. The van der Waals surface area contributed by atoms with Crippen molar-refractivity contribution in [3.05, 3.63) is 12.2 Å². The van der Waals surface area contributed by atoms with Crippen LogP contribution >= 0.6 is 0 Å². The number of allylic oxidation sites excluding steroid dienone is 2. The van der Waals surface area contributed by atoms with Crippen LogP contribution in [0.3, 0.4) is 0 Å². The summed E-state index contributed by atoms with van der Waals surface area (Å²) < 4.78 is 0. The van der Waals surface area contributed by atoms with Gasteiger partial charge in [-0.25, -0.2) is 0 Å². The van der Waals surface area contributed by atoms with Crippen LogP contribution in [0.4, 0.5) is 0 Å². The minimum Gasteiger partial charge on any atom is -0.299 e. The van der Waals surface area contributed by atoms with Gasteiger partial charge in [0.05, 0.1) is 0 Å². The van der Waals surface area contributed by atoms with Crippen LogP contribution in [0.25, 0.3) is 0 Å². The van der Waals surface area contributed by atoms with E-state index in [1.807, 2.05) is 6.08 Å². The second-order valence-corrected chi connectivity index (χ2v) is 3.72. The molecule has 0 aromatic heterocycles. The fraction of sp³-hybridized carbons (Fsp3) is 0.727. The van der Waals surface area contributed by atoms with E-state index in [9.17, 15) is 4.79 Å². The van der Waals surface area contributed by atoms with E-state index in [4.69, 9.17) is 0 Å². The zero-order chi connectivity index (χ0) is 9.40. The molecular formula is C11H20O. The van der Waals surface area contributed by atoms with E-state index in [2.05, 4.69) is 20.8 Å². The summed E-state index contributed by atoms with van der Waals surface area (Å²) in [5.74, 6) is 1.58. The molecule has 70 valence electrons. The van der Waals surface area contributed by atoms with Gasteiger partial charge in [-0.3, -0.25) is 4.79 Å². The molecule has 0 aliphatic rings. The van der Waals surface area contributed by atoms with E-state index < -0.39 is 0 Å². The molecule has 0 rings (SSSR count). The van der Waals surface area contributed by atoms with E-state index in [1.54, 1.807) is 6.08 Å². The van der Waals surface area contributed by atoms with Gasteiger partial charge in [0.1, 0.15) is 6.29 Å². The highest BCUT2D eigenvalue weighted by Crippen LogP contribution is 2.16. The van der Waals surface area contributed by atoms with Crippen LogP contribution in [0.2, 0.25) is 0 Å². The molecule has 1 atom stereocenters. The Bertz CT molecular complexity index is 136. The highest BCUT2D eigenvalue weighted by molar-refractivity contribution is 5.64. The fourth-order valence-corrected chi connectivity index (χ4v) is 1.04. The maximum atomic E-state index is 9.92. The summed E-state index contributed by atoms with van der Waals surface area (Å²) >= 11 is 0. The molecule has 12 heavy (non-hydrogen) atoms. The molecular weight excluding hydrogens is 148 g/mol. The van der Waals surface area contributed by atoms with Crippen molar-refractivity contribution in [2.24, 2.45) is 11.8 Å². The first-order valence-corrected chi connectivity index (χ1v) is 4.78. The van der Waals surface area contributed by atoms with Crippen molar-refractivity contribution in [2.75, 3.05) is 0 Å². The molecule has 0 amide bonds. The lowest BCUT2D eigenvalue weighted by Gasteiger charge is -2.13. The standard InChI is InChI=1S/C11H20O/c1-10(2)11(3)8-6-4-5-7-9-12/h5,7,9-11H,4,6,8H2,1-3H3/b7-5+. The molecule has 1 nitrogen and oxygen atoms in total. The zero-order valence-corrected chi connectivity index (χ0v) is 8.42. The minimum absolute atomic E-state index is 0.778. The molecule has 1 heteroatoms. The van der Waals surface area contributed by atoms with Gasteiger partial charge in [0.25, 0.3) is 0 Å². The van der Waals surface area contributed by atoms with Gasteiger partial charge >= 0.3 is 0 Å².